The van der Waals surface area contributed by atoms with E-state index in [9.17, 15) is 0 Å². The summed E-state index contributed by atoms with van der Waals surface area (Å²) in [7, 11) is 0. The van der Waals surface area contributed by atoms with E-state index in [1.54, 1.807) is 0 Å². The number of hydrogen-bond donors (Lipinski definition) is 0. The number of nitrogens with zero attached hydrogens (tertiary/aromatic N) is 2. The average molecular weight is 1690 g/mol. The van der Waals surface area contributed by atoms with Gasteiger partial charge in [0.05, 0.1) is 10.8 Å². The standard InChI is InChI=1S/C127H136N2/c1-9-13-17-21-25-29-33-93-41-57-103(58-42-93)126(104-59-43-94(44-60-104)34-30-26-22-18-14-10-2)121-81-91(7)39-73-115(121)117-75-55-101(85-123(117)126)97-51-67-109(68-52-97)128(107-63-35-89(5)36-64-107)111-71-77-113-114-78-72-112(88-120(114)125(119(113)87-111,79-31-27-23-19-15-11-3)80-32-28-24-20-16-12-4)129(108-65-37-90(6)38-66-108)110-69-53-98(54-70-110)102-56-76-118-116-74-40-92(8)82-122(116)127(124(118)86-102,105-61-49-95-45-47-99(95)83-105)106-62-50-96-46-48-100(96)84-106/h35-44,49-78,81-88H,9-34,45-48,79-80H2,1-8H3. The van der Waals surface area contributed by atoms with Crippen LogP contribution >= 0.6 is 0 Å². The zero-order valence-electron chi connectivity index (χ0n) is 78.7. The maximum absolute atomic E-state index is 2.67. The third-order valence-corrected chi connectivity index (χ3v) is 30.9. The van der Waals surface area contributed by atoms with Gasteiger partial charge in [-0.25, -0.2) is 0 Å². The first-order valence-corrected chi connectivity index (χ1v) is 50.6. The fraction of sp³-hybridized carbons (Fsp3) is 0.339. The second-order valence-corrected chi connectivity index (χ2v) is 39.5. The third kappa shape index (κ3) is 17.0. The van der Waals surface area contributed by atoms with Crippen LogP contribution in [0.4, 0.5) is 34.1 Å². The van der Waals surface area contributed by atoms with E-state index in [0.29, 0.717) is 0 Å². The number of aryl methyl sites for hydroxylation is 10. The van der Waals surface area contributed by atoms with E-state index in [1.165, 1.54) is 357 Å². The van der Waals surface area contributed by atoms with Crippen molar-refractivity contribution in [1.29, 1.82) is 0 Å². The van der Waals surface area contributed by atoms with Gasteiger partial charge in [-0.3, -0.25) is 0 Å². The van der Waals surface area contributed by atoms with E-state index < -0.39 is 10.8 Å². The Balaban J connectivity index is 0.693. The van der Waals surface area contributed by atoms with Crippen LogP contribution in [0.1, 0.15) is 306 Å². The molecule has 0 saturated heterocycles. The number of rotatable bonds is 40. The van der Waals surface area contributed by atoms with Gasteiger partial charge in [-0.05, 0) is 321 Å². The SMILES string of the molecule is CCCCCCCCc1ccc(C2(c3ccc(CCCCCCCC)cc3)c3cc(C)ccc3-c3ccc(-c4ccc(N(c5ccc(C)cc5)c5ccc6c(c5)C(CCCCCCCC)(CCCCCCCC)c5cc(N(c7ccc(C)cc7)c7ccc(-c8ccc9c(c8)C(c8ccc%10c(c8)CC%10)(c8ccc%10c(c8)CC%10)c8cc(C)ccc8-9)cc7)ccc5-6)cc4)cc32)cc1. The molecule has 19 rings (SSSR count). The first kappa shape index (κ1) is 87.0. The highest BCUT2D eigenvalue weighted by molar-refractivity contribution is 5.93. The summed E-state index contributed by atoms with van der Waals surface area (Å²) in [5.74, 6) is 0. The maximum atomic E-state index is 2.67. The topological polar surface area (TPSA) is 6.48 Å². The van der Waals surface area contributed by atoms with Gasteiger partial charge in [0, 0.05) is 39.5 Å². The van der Waals surface area contributed by atoms with Gasteiger partial charge < -0.3 is 9.80 Å². The van der Waals surface area contributed by atoms with Crippen LogP contribution in [0.5, 0.6) is 0 Å². The van der Waals surface area contributed by atoms with E-state index in [2.05, 4.69) is 356 Å². The molecule has 0 saturated carbocycles. The van der Waals surface area contributed by atoms with Crippen molar-refractivity contribution in [3.05, 3.63) is 402 Å². The number of hydrogen-bond acceptors (Lipinski definition) is 2. The van der Waals surface area contributed by atoms with Gasteiger partial charge in [-0.15, -0.1) is 0 Å². The van der Waals surface area contributed by atoms with Crippen molar-refractivity contribution in [2.24, 2.45) is 0 Å². The summed E-state index contributed by atoms with van der Waals surface area (Å²) in [4.78, 5) is 5.13. The highest BCUT2D eigenvalue weighted by Crippen LogP contribution is 2.62. The molecule has 0 unspecified atom stereocenters. The Hall–Kier alpha value is -11.3. The van der Waals surface area contributed by atoms with Crippen LogP contribution in [0.15, 0.2) is 291 Å². The molecule has 0 aliphatic heterocycles. The van der Waals surface area contributed by atoms with Gasteiger partial charge in [0.1, 0.15) is 0 Å². The van der Waals surface area contributed by atoms with E-state index >= 15 is 0 Å². The molecule has 0 aromatic heterocycles. The Kier molecular flexibility index (Phi) is 26.2. The molecule has 5 aliphatic rings. The van der Waals surface area contributed by atoms with Gasteiger partial charge in [0.15, 0.2) is 0 Å². The largest absolute Gasteiger partial charge is 0.310 e. The van der Waals surface area contributed by atoms with Crippen molar-refractivity contribution in [2.75, 3.05) is 9.80 Å². The summed E-state index contributed by atoms with van der Waals surface area (Å²) in [6.45, 7) is 18.4. The van der Waals surface area contributed by atoms with Crippen molar-refractivity contribution in [1.82, 2.24) is 0 Å². The summed E-state index contributed by atoms with van der Waals surface area (Å²) >= 11 is 0. The fourth-order valence-electron chi connectivity index (χ4n) is 23.4. The lowest BCUT2D eigenvalue weighted by molar-refractivity contribution is 0.398. The lowest BCUT2D eigenvalue weighted by Crippen LogP contribution is -2.30. The normalized spacial score (nSPS) is 14.0. The molecule has 5 aliphatic carbocycles. The van der Waals surface area contributed by atoms with E-state index in [4.69, 9.17) is 0 Å². The smallest absolute Gasteiger partial charge is 0.0714 e. The number of fused-ring (bicyclic) bond motifs is 11. The molecule has 0 atom stereocenters. The van der Waals surface area contributed by atoms with Crippen LogP contribution in [-0.4, -0.2) is 0 Å². The van der Waals surface area contributed by atoms with Crippen molar-refractivity contribution in [3.63, 3.8) is 0 Å². The number of anilines is 6. The maximum Gasteiger partial charge on any atom is 0.0714 e. The molecule has 0 spiro atoms. The summed E-state index contributed by atoms with van der Waals surface area (Å²) in [6.07, 6.45) is 39.8. The zero-order valence-corrected chi connectivity index (χ0v) is 78.7. The molecule has 0 fully saturated rings. The van der Waals surface area contributed by atoms with Crippen LogP contribution in [0.3, 0.4) is 0 Å². The van der Waals surface area contributed by atoms with Crippen molar-refractivity contribution in [3.8, 4) is 55.6 Å². The second-order valence-electron chi connectivity index (χ2n) is 39.5. The average Bonchev–Trinajstić information content (AvgIpc) is 1.55. The second kappa shape index (κ2) is 38.8. The number of benzene rings is 14. The molecule has 2 heteroatoms. The zero-order chi connectivity index (χ0) is 88.0. The Labute approximate surface area is 773 Å². The van der Waals surface area contributed by atoms with Crippen LogP contribution < -0.4 is 9.80 Å². The van der Waals surface area contributed by atoms with Crippen LogP contribution in [0.25, 0.3) is 55.6 Å². The lowest BCUT2D eigenvalue weighted by atomic mass is 9.65. The minimum atomic E-state index is -0.519. The van der Waals surface area contributed by atoms with E-state index in [1.807, 2.05) is 0 Å². The molecule has 129 heavy (non-hydrogen) atoms. The Morgan fingerprint density at radius 3 is 0.845 bits per heavy atom. The molecule has 0 radical (unpaired) electrons. The predicted molar refractivity (Wildman–Crippen MR) is 551 cm³/mol. The van der Waals surface area contributed by atoms with Gasteiger partial charge in [-0.1, -0.05) is 397 Å². The van der Waals surface area contributed by atoms with Gasteiger partial charge in [0.25, 0.3) is 0 Å². The molecule has 0 N–H and O–H groups in total. The predicted octanol–water partition coefficient (Wildman–Crippen LogP) is 35.7. The molecular formula is C127H136N2. The molecule has 654 valence electrons. The molecular weight excluding hydrogens is 1550 g/mol. The Morgan fingerprint density at radius 1 is 0.209 bits per heavy atom. The molecule has 0 bridgehead atoms. The minimum Gasteiger partial charge on any atom is -0.310 e. The lowest BCUT2D eigenvalue weighted by Gasteiger charge is -2.37. The molecule has 2 nitrogen and oxygen atoms in total. The van der Waals surface area contributed by atoms with Gasteiger partial charge in [0.2, 0.25) is 0 Å². The Bertz CT molecular complexity index is 6140. The van der Waals surface area contributed by atoms with E-state index in [-0.39, 0.29) is 5.41 Å². The number of unbranched alkanes of at least 4 members (excludes halogenated alkanes) is 20. The minimum absolute atomic E-state index is 0.230. The van der Waals surface area contributed by atoms with Crippen LogP contribution in [-0.2, 0) is 54.8 Å². The van der Waals surface area contributed by atoms with Crippen LogP contribution in [0, 0.1) is 27.7 Å². The molecule has 0 amide bonds. The van der Waals surface area contributed by atoms with Crippen molar-refractivity contribution >= 4 is 34.1 Å². The summed E-state index contributed by atoms with van der Waals surface area (Å²) in [5.41, 5.74) is 46.9. The Morgan fingerprint density at radius 2 is 0.488 bits per heavy atom. The summed E-state index contributed by atoms with van der Waals surface area (Å²) in [5, 5.41) is 0. The van der Waals surface area contributed by atoms with Crippen molar-refractivity contribution < 1.29 is 0 Å². The first-order valence-electron chi connectivity index (χ1n) is 50.6. The van der Waals surface area contributed by atoms with Crippen molar-refractivity contribution in [2.45, 2.75) is 277 Å². The summed E-state index contributed by atoms with van der Waals surface area (Å²) in [6, 6.07) is 117. The fourth-order valence-corrected chi connectivity index (χ4v) is 23.4. The highest BCUT2D eigenvalue weighted by atomic mass is 15.1. The van der Waals surface area contributed by atoms with Gasteiger partial charge in [-0.2, -0.15) is 0 Å². The summed E-state index contributed by atoms with van der Waals surface area (Å²) < 4.78 is 0. The first-order chi connectivity index (χ1) is 63.4. The highest BCUT2D eigenvalue weighted by Gasteiger charge is 2.50. The van der Waals surface area contributed by atoms with E-state index in [0.717, 1.165) is 49.9 Å². The van der Waals surface area contributed by atoms with Gasteiger partial charge >= 0.3 is 0 Å². The monoisotopic (exact) mass is 1690 g/mol. The third-order valence-electron chi connectivity index (χ3n) is 30.9. The molecule has 0 heterocycles. The molecule has 14 aromatic rings. The molecule has 14 aromatic carbocycles. The van der Waals surface area contributed by atoms with Crippen LogP contribution in [0.2, 0.25) is 0 Å². The quantitative estimate of drug-likeness (QED) is 0.0353.